The van der Waals surface area contributed by atoms with E-state index >= 15 is 0 Å². The molecule has 4 rings (SSSR count). The van der Waals surface area contributed by atoms with Crippen molar-refractivity contribution >= 4 is 28.9 Å². The van der Waals surface area contributed by atoms with Gasteiger partial charge in [-0.15, -0.1) is 0 Å². The van der Waals surface area contributed by atoms with Crippen LogP contribution in [0, 0.1) is 12.8 Å². The average Bonchev–Trinajstić information content (AvgIpc) is 3.50. The molecule has 10 nitrogen and oxygen atoms in total. The first-order valence-electron chi connectivity index (χ1n) is 12.7. The number of aromatic nitrogens is 2. The third kappa shape index (κ3) is 7.04. The van der Waals surface area contributed by atoms with Crippen molar-refractivity contribution in [1.29, 1.82) is 0 Å². The zero-order valence-electron chi connectivity index (χ0n) is 22.1. The number of H-pyrrole nitrogens is 1. The van der Waals surface area contributed by atoms with E-state index in [-0.39, 0.29) is 36.3 Å². The van der Waals surface area contributed by atoms with Crippen molar-refractivity contribution in [2.24, 2.45) is 5.92 Å². The number of carboxylic acid groups (broad SMARTS) is 1. The second-order valence-electron chi connectivity index (χ2n) is 9.78. The summed E-state index contributed by atoms with van der Waals surface area (Å²) in [5.41, 5.74) is 2.42. The normalized spacial score (nSPS) is 12.7. The minimum absolute atomic E-state index is 0.0680. The van der Waals surface area contributed by atoms with Crippen molar-refractivity contribution in [2.45, 2.75) is 52.3 Å². The minimum Gasteiger partial charge on any atom is -0.476 e. The molecule has 4 N–H and O–H groups in total. The molecule has 204 valence electrons. The fraction of sp³-hybridized carbons (Fsp3) is 0.310. The maximum atomic E-state index is 13.5. The molecule has 0 aliphatic heterocycles. The molecular weight excluding hydrogens is 500 g/mol. The number of carbonyl (C=O) groups excluding carboxylic acids is 2. The molecule has 0 bridgehead atoms. The molecule has 4 aromatic rings. The number of para-hydroxylation sites is 1. The Morgan fingerprint density at radius 3 is 2.46 bits per heavy atom. The number of nitrogens with one attached hydrogen (secondary N) is 3. The van der Waals surface area contributed by atoms with Crippen LogP contribution in [0.1, 0.15) is 59.6 Å². The molecule has 2 heterocycles. The van der Waals surface area contributed by atoms with Crippen molar-refractivity contribution in [1.82, 2.24) is 20.6 Å². The van der Waals surface area contributed by atoms with Gasteiger partial charge in [-0.2, -0.15) is 0 Å². The number of hydrogen-bond acceptors (Lipinski definition) is 6. The SMILES string of the molecule is Cc1oc([C@@H](Cc2c[nH]c3ccccc23)NC(=O)[C@H](CC(C)C)NC(=O)OCc2ccccc2)nc1C(=O)O. The van der Waals surface area contributed by atoms with E-state index in [1.807, 2.05) is 74.6 Å². The first-order chi connectivity index (χ1) is 18.7. The molecule has 2 aromatic heterocycles. The third-order valence-electron chi connectivity index (χ3n) is 6.26. The van der Waals surface area contributed by atoms with Gasteiger partial charge < -0.3 is 29.9 Å². The van der Waals surface area contributed by atoms with Crippen LogP contribution in [-0.2, 0) is 22.6 Å². The summed E-state index contributed by atoms with van der Waals surface area (Å²) < 4.78 is 11.0. The van der Waals surface area contributed by atoms with Crippen LogP contribution in [0.15, 0.2) is 65.2 Å². The Bertz CT molecular complexity index is 1440. The summed E-state index contributed by atoms with van der Waals surface area (Å²) in [6.07, 6.45) is 1.76. The van der Waals surface area contributed by atoms with Gasteiger partial charge >= 0.3 is 12.1 Å². The van der Waals surface area contributed by atoms with Crippen LogP contribution < -0.4 is 10.6 Å². The highest BCUT2D eigenvalue weighted by Gasteiger charge is 2.29. The lowest BCUT2D eigenvalue weighted by Gasteiger charge is -2.23. The molecule has 0 radical (unpaired) electrons. The Kier molecular flexibility index (Phi) is 8.65. The number of aromatic carboxylic acids is 1. The van der Waals surface area contributed by atoms with E-state index < -0.39 is 30.1 Å². The standard InChI is InChI=1S/C29H32N4O6/c1-17(2)13-23(32-29(37)38-16-19-9-5-4-6-10-19)26(34)31-24(27-33-25(28(35)36)18(3)39-27)14-20-15-30-22-12-8-7-11-21(20)22/h4-12,15,17,23-24,30H,13-14,16H2,1-3H3,(H,31,34)(H,32,37)(H,35,36)/t23-,24+/m0/s1. The van der Waals surface area contributed by atoms with E-state index in [0.29, 0.717) is 6.42 Å². The zero-order chi connectivity index (χ0) is 27.9. The topological polar surface area (TPSA) is 147 Å². The van der Waals surface area contributed by atoms with Gasteiger partial charge in [0.25, 0.3) is 0 Å². The number of fused-ring (bicyclic) bond motifs is 1. The molecule has 0 spiro atoms. The Morgan fingerprint density at radius 2 is 1.77 bits per heavy atom. The summed E-state index contributed by atoms with van der Waals surface area (Å²) in [6, 6.07) is 15.3. The average molecular weight is 533 g/mol. The van der Waals surface area contributed by atoms with Crippen LogP contribution in [0.25, 0.3) is 10.9 Å². The number of nitrogens with zero attached hydrogens (tertiary/aromatic N) is 1. The molecule has 0 fully saturated rings. The highest BCUT2D eigenvalue weighted by Crippen LogP contribution is 2.26. The van der Waals surface area contributed by atoms with Gasteiger partial charge in [0.15, 0.2) is 5.69 Å². The van der Waals surface area contributed by atoms with Crippen molar-refractivity contribution in [2.75, 3.05) is 0 Å². The summed E-state index contributed by atoms with van der Waals surface area (Å²) >= 11 is 0. The van der Waals surface area contributed by atoms with Gasteiger partial charge in [-0.1, -0.05) is 62.4 Å². The number of alkyl carbamates (subject to hydrolysis) is 1. The fourth-order valence-corrected chi connectivity index (χ4v) is 4.37. The lowest BCUT2D eigenvalue weighted by molar-refractivity contribution is -0.124. The lowest BCUT2D eigenvalue weighted by atomic mass is 10.0. The predicted molar refractivity (Wildman–Crippen MR) is 144 cm³/mol. The van der Waals surface area contributed by atoms with E-state index in [2.05, 4.69) is 20.6 Å². The summed E-state index contributed by atoms with van der Waals surface area (Å²) in [5.74, 6) is -1.39. The molecule has 0 saturated heterocycles. The lowest BCUT2D eigenvalue weighted by Crippen LogP contribution is -2.48. The maximum Gasteiger partial charge on any atom is 0.408 e. The van der Waals surface area contributed by atoms with Gasteiger partial charge in [-0.05, 0) is 36.5 Å². The third-order valence-corrected chi connectivity index (χ3v) is 6.26. The smallest absolute Gasteiger partial charge is 0.408 e. The van der Waals surface area contributed by atoms with Crippen LogP contribution in [0.2, 0.25) is 0 Å². The Hall–Kier alpha value is -4.60. The van der Waals surface area contributed by atoms with Crippen LogP contribution >= 0.6 is 0 Å². The molecule has 0 aliphatic rings. The molecule has 10 heteroatoms. The van der Waals surface area contributed by atoms with E-state index in [0.717, 1.165) is 22.0 Å². The van der Waals surface area contributed by atoms with Gasteiger partial charge in [0.05, 0.1) is 0 Å². The molecule has 2 atom stereocenters. The predicted octanol–water partition coefficient (Wildman–Crippen LogP) is 4.90. The Morgan fingerprint density at radius 1 is 1.05 bits per heavy atom. The highest BCUT2D eigenvalue weighted by atomic mass is 16.5. The van der Waals surface area contributed by atoms with Crippen LogP contribution in [0.3, 0.4) is 0 Å². The monoisotopic (exact) mass is 532 g/mol. The first kappa shape index (κ1) is 27.4. The molecular formula is C29H32N4O6. The number of ether oxygens (including phenoxy) is 1. The molecule has 39 heavy (non-hydrogen) atoms. The van der Waals surface area contributed by atoms with Gasteiger partial charge in [-0.25, -0.2) is 14.6 Å². The number of benzene rings is 2. The largest absolute Gasteiger partial charge is 0.476 e. The second-order valence-corrected chi connectivity index (χ2v) is 9.78. The molecule has 0 aliphatic carbocycles. The number of aromatic amines is 1. The minimum atomic E-state index is -1.22. The molecule has 2 amide bonds. The highest BCUT2D eigenvalue weighted by molar-refractivity contribution is 5.87. The van der Waals surface area contributed by atoms with Crippen molar-refractivity contribution < 1.29 is 28.6 Å². The number of carbonyl (C=O) groups is 3. The Labute approximate surface area is 225 Å². The second kappa shape index (κ2) is 12.3. The van der Waals surface area contributed by atoms with Crippen molar-refractivity contribution in [3.63, 3.8) is 0 Å². The molecule has 0 unspecified atom stereocenters. The molecule has 2 aromatic carbocycles. The summed E-state index contributed by atoms with van der Waals surface area (Å²) in [4.78, 5) is 45.1. The number of rotatable bonds is 11. The quantitative estimate of drug-likeness (QED) is 0.215. The fourth-order valence-electron chi connectivity index (χ4n) is 4.37. The van der Waals surface area contributed by atoms with Gasteiger partial charge in [0, 0.05) is 23.5 Å². The van der Waals surface area contributed by atoms with E-state index in [1.54, 1.807) is 0 Å². The first-order valence-corrected chi connectivity index (χ1v) is 12.7. The van der Waals surface area contributed by atoms with E-state index in [9.17, 15) is 19.5 Å². The summed E-state index contributed by atoms with van der Waals surface area (Å²) in [5, 5.41) is 16.0. The van der Waals surface area contributed by atoms with Crippen molar-refractivity contribution in [3.05, 3.63) is 89.3 Å². The van der Waals surface area contributed by atoms with Crippen molar-refractivity contribution in [3.8, 4) is 0 Å². The number of aryl methyl sites for hydroxylation is 1. The summed E-state index contributed by atoms with van der Waals surface area (Å²) in [7, 11) is 0. The van der Waals surface area contributed by atoms with E-state index in [4.69, 9.17) is 9.15 Å². The number of hydrogen-bond donors (Lipinski definition) is 4. The van der Waals surface area contributed by atoms with Gasteiger partial charge in [-0.3, -0.25) is 4.79 Å². The number of oxazole rings is 1. The van der Waals surface area contributed by atoms with E-state index in [1.165, 1.54) is 6.92 Å². The molecule has 0 saturated carbocycles. The number of carboxylic acids is 1. The Balaban J connectivity index is 1.55. The van der Waals surface area contributed by atoms with Crippen LogP contribution in [0.5, 0.6) is 0 Å². The van der Waals surface area contributed by atoms with Crippen LogP contribution in [-0.4, -0.2) is 39.1 Å². The van der Waals surface area contributed by atoms with Gasteiger partial charge in [0.2, 0.25) is 11.8 Å². The summed E-state index contributed by atoms with van der Waals surface area (Å²) in [6.45, 7) is 5.46. The van der Waals surface area contributed by atoms with Crippen LogP contribution in [0.4, 0.5) is 4.79 Å². The zero-order valence-corrected chi connectivity index (χ0v) is 22.1. The number of amides is 2. The maximum absolute atomic E-state index is 13.5. The van der Waals surface area contributed by atoms with Gasteiger partial charge in [0.1, 0.15) is 24.5 Å².